The Morgan fingerprint density at radius 1 is 1.21 bits per heavy atom. The Balaban J connectivity index is 2.72. The lowest BCUT2D eigenvalue weighted by Crippen LogP contribution is -2.46. The number of aliphatic hydroxyl groups is 1. The van der Waals surface area contributed by atoms with E-state index in [1.807, 2.05) is 0 Å². The number of ether oxygens (including phenoxy) is 1. The summed E-state index contributed by atoms with van der Waals surface area (Å²) in [5.41, 5.74) is 0. The Morgan fingerprint density at radius 3 is 2.14 bits per heavy atom. The van der Waals surface area contributed by atoms with Crippen molar-refractivity contribution < 1.29 is 27.4 Å². The van der Waals surface area contributed by atoms with Gasteiger partial charge in [-0.1, -0.05) is 19.8 Å². The zero-order chi connectivity index (χ0) is 11.0. The molecule has 2 nitrogen and oxygen atoms in total. The lowest BCUT2D eigenvalue weighted by atomic mass is 10.0. The van der Waals surface area contributed by atoms with E-state index >= 15 is 0 Å². The van der Waals surface area contributed by atoms with E-state index in [4.69, 9.17) is 5.11 Å². The fourth-order valence-corrected chi connectivity index (χ4v) is 1.34. The second-order valence-electron chi connectivity index (χ2n) is 3.37. The average Bonchev–Trinajstić information content (AvgIpc) is 2.23. The molecule has 1 heterocycles. The van der Waals surface area contributed by atoms with Crippen LogP contribution in [-0.2, 0) is 4.74 Å². The number of hydrogen-bond donors (Lipinski definition) is 1. The maximum atomic E-state index is 12.9. The summed E-state index contributed by atoms with van der Waals surface area (Å²) in [6, 6.07) is 0. The maximum Gasteiger partial charge on any atom is 0.362 e. The highest BCUT2D eigenvalue weighted by Gasteiger charge is 2.71. The highest BCUT2D eigenvalue weighted by Crippen LogP contribution is 2.48. The molecule has 1 N–H and O–H groups in total. The predicted molar refractivity (Wildman–Crippen MR) is 40.3 cm³/mol. The van der Waals surface area contributed by atoms with Gasteiger partial charge in [-0.05, 0) is 6.42 Å². The second-order valence-corrected chi connectivity index (χ2v) is 3.37. The van der Waals surface area contributed by atoms with Crippen LogP contribution in [0.4, 0.5) is 17.6 Å². The standard InChI is InChI=1S/C8H12F4O2/c1-2-3-4-5-7(9,10)8(11,12)6(13)14-5/h5-6,13H,2-4H2,1H3. The van der Waals surface area contributed by atoms with Crippen LogP contribution < -0.4 is 0 Å². The molecule has 6 heteroatoms. The van der Waals surface area contributed by atoms with Crippen LogP contribution in [0.1, 0.15) is 26.2 Å². The predicted octanol–water partition coefficient (Wildman–Crippen LogP) is 2.16. The van der Waals surface area contributed by atoms with Crippen LogP contribution in [-0.4, -0.2) is 29.3 Å². The minimum Gasteiger partial charge on any atom is -0.363 e. The van der Waals surface area contributed by atoms with Crippen molar-refractivity contribution in [3.05, 3.63) is 0 Å². The largest absolute Gasteiger partial charge is 0.363 e. The van der Waals surface area contributed by atoms with Crippen LogP contribution in [0.2, 0.25) is 0 Å². The molecule has 0 bridgehead atoms. The minimum atomic E-state index is -4.48. The molecule has 0 aromatic heterocycles. The summed E-state index contributed by atoms with van der Waals surface area (Å²) < 4.78 is 55.3. The monoisotopic (exact) mass is 216 g/mol. The molecular weight excluding hydrogens is 204 g/mol. The number of aliphatic hydroxyl groups excluding tert-OH is 1. The fraction of sp³-hybridized carbons (Fsp3) is 1.00. The lowest BCUT2D eigenvalue weighted by Gasteiger charge is -2.21. The van der Waals surface area contributed by atoms with E-state index in [-0.39, 0.29) is 6.42 Å². The SMILES string of the molecule is CCCCC1OC(O)C(F)(F)C1(F)F. The first-order valence-electron chi connectivity index (χ1n) is 4.43. The lowest BCUT2D eigenvalue weighted by molar-refractivity contribution is -0.234. The number of alkyl halides is 4. The molecule has 0 spiro atoms. The van der Waals surface area contributed by atoms with Gasteiger partial charge < -0.3 is 9.84 Å². The highest BCUT2D eigenvalue weighted by molar-refractivity contribution is 4.99. The van der Waals surface area contributed by atoms with Crippen LogP contribution >= 0.6 is 0 Å². The van der Waals surface area contributed by atoms with Crippen LogP contribution in [0.3, 0.4) is 0 Å². The van der Waals surface area contributed by atoms with Crippen molar-refractivity contribution in [1.82, 2.24) is 0 Å². The van der Waals surface area contributed by atoms with Crippen LogP contribution in [0.5, 0.6) is 0 Å². The minimum absolute atomic E-state index is 0.170. The molecule has 1 rings (SSSR count). The number of hydrogen-bond acceptors (Lipinski definition) is 2. The molecule has 0 aromatic rings. The molecule has 14 heavy (non-hydrogen) atoms. The zero-order valence-corrected chi connectivity index (χ0v) is 7.64. The van der Waals surface area contributed by atoms with Crippen molar-refractivity contribution in [2.45, 2.75) is 50.4 Å². The summed E-state index contributed by atoms with van der Waals surface area (Å²) in [4.78, 5) is 0. The third-order valence-electron chi connectivity index (χ3n) is 2.27. The number of rotatable bonds is 3. The van der Waals surface area contributed by atoms with Gasteiger partial charge in [-0.15, -0.1) is 0 Å². The van der Waals surface area contributed by atoms with Gasteiger partial charge in [0.1, 0.15) is 6.10 Å². The molecule has 0 aromatic carbocycles. The first kappa shape index (κ1) is 11.7. The van der Waals surface area contributed by atoms with Gasteiger partial charge in [0.25, 0.3) is 0 Å². The van der Waals surface area contributed by atoms with Crippen molar-refractivity contribution in [3.8, 4) is 0 Å². The summed E-state index contributed by atoms with van der Waals surface area (Å²) in [5, 5.41) is 8.61. The quantitative estimate of drug-likeness (QED) is 0.732. The summed E-state index contributed by atoms with van der Waals surface area (Å²) in [6.45, 7) is 1.75. The third-order valence-corrected chi connectivity index (χ3v) is 2.27. The highest BCUT2D eigenvalue weighted by atomic mass is 19.3. The summed E-state index contributed by atoms with van der Waals surface area (Å²) >= 11 is 0. The number of unbranched alkanes of at least 4 members (excludes halogenated alkanes) is 1. The molecule has 84 valence electrons. The Bertz CT molecular complexity index is 208. The van der Waals surface area contributed by atoms with Crippen molar-refractivity contribution in [1.29, 1.82) is 0 Å². The van der Waals surface area contributed by atoms with Gasteiger partial charge in [-0.2, -0.15) is 17.6 Å². The Labute approximate surface area is 78.9 Å². The summed E-state index contributed by atoms with van der Waals surface area (Å²) in [5.74, 6) is -8.76. The van der Waals surface area contributed by atoms with Crippen molar-refractivity contribution in [2.24, 2.45) is 0 Å². The van der Waals surface area contributed by atoms with Gasteiger partial charge >= 0.3 is 11.8 Å². The van der Waals surface area contributed by atoms with E-state index < -0.39 is 24.2 Å². The van der Waals surface area contributed by atoms with Gasteiger partial charge in [-0.3, -0.25) is 0 Å². The second kappa shape index (κ2) is 3.66. The molecular formula is C8H12F4O2. The first-order valence-corrected chi connectivity index (χ1v) is 4.43. The van der Waals surface area contributed by atoms with Gasteiger partial charge in [0, 0.05) is 0 Å². The van der Waals surface area contributed by atoms with Crippen LogP contribution in [0.15, 0.2) is 0 Å². The third kappa shape index (κ3) is 1.61. The smallest absolute Gasteiger partial charge is 0.362 e. The molecule has 1 aliphatic rings. The van der Waals surface area contributed by atoms with E-state index in [1.54, 1.807) is 6.92 Å². The number of halogens is 4. The van der Waals surface area contributed by atoms with Gasteiger partial charge in [0.05, 0.1) is 0 Å². The fourth-order valence-electron chi connectivity index (χ4n) is 1.34. The topological polar surface area (TPSA) is 29.5 Å². The molecule has 1 saturated heterocycles. The summed E-state index contributed by atoms with van der Waals surface area (Å²) in [7, 11) is 0. The van der Waals surface area contributed by atoms with Crippen LogP contribution in [0.25, 0.3) is 0 Å². The Morgan fingerprint density at radius 2 is 1.79 bits per heavy atom. The first-order chi connectivity index (χ1) is 6.34. The molecule has 0 aliphatic carbocycles. The van der Waals surface area contributed by atoms with E-state index in [1.165, 1.54) is 0 Å². The molecule has 2 unspecified atom stereocenters. The molecule has 1 aliphatic heterocycles. The molecule has 0 saturated carbocycles. The van der Waals surface area contributed by atoms with E-state index in [9.17, 15) is 17.6 Å². The van der Waals surface area contributed by atoms with E-state index in [2.05, 4.69) is 4.74 Å². The molecule has 2 atom stereocenters. The van der Waals surface area contributed by atoms with Crippen molar-refractivity contribution in [2.75, 3.05) is 0 Å². The van der Waals surface area contributed by atoms with Crippen molar-refractivity contribution in [3.63, 3.8) is 0 Å². The molecule has 0 radical (unpaired) electrons. The summed E-state index contributed by atoms with van der Waals surface area (Å²) in [6.07, 6.45) is -3.77. The Kier molecular flexibility index (Phi) is 3.06. The van der Waals surface area contributed by atoms with Crippen LogP contribution in [0, 0.1) is 0 Å². The molecule has 0 amide bonds. The van der Waals surface area contributed by atoms with Gasteiger partial charge in [-0.25, -0.2) is 0 Å². The van der Waals surface area contributed by atoms with E-state index in [0.29, 0.717) is 12.8 Å². The zero-order valence-electron chi connectivity index (χ0n) is 7.64. The van der Waals surface area contributed by atoms with E-state index in [0.717, 1.165) is 0 Å². The normalized spacial score (nSPS) is 34.7. The maximum absolute atomic E-state index is 12.9. The Hall–Kier alpha value is -0.360. The average molecular weight is 216 g/mol. The molecule has 1 fully saturated rings. The van der Waals surface area contributed by atoms with Gasteiger partial charge in [0.2, 0.25) is 6.29 Å². The van der Waals surface area contributed by atoms with Crippen molar-refractivity contribution >= 4 is 0 Å². The van der Waals surface area contributed by atoms with Gasteiger partial charge in [0.15, 0.2) is 0 Å².